The van der Waals surface area contributed by atoms with E-state index in [1.807, 2.05) is 42.5 Å². The van der Waals surface area contributed by atoms with Gasteiger partial charge in [-0.05, 0) is 36.4 Å². The molecule has 0 saturated carbocycles. The largest absolute Gasteiger partial charge is 0.338 e. The van der Waals surface area contributed by atoms with Crippen molar-refractivity contribution < 1.29 is 0 Å². The van der Waals surface area contributed by atoms with Gasteiger partial charge in [0.15, 0.2) is 0 Å². The minimum Gasteiger partial charge on any atom is -0.338 e. The SMILES string of the molecule is Clc1ccc(-c2nc3c(Cl)cccc3[nH]2)cc1. The molecule has 2 aromatic carbocycles. The standard InChI is InChI=1S/C13H8Cl2N2/c14-9-6-4-8(5-7-9)13-16-11-3-1-2-10(15)12(11)17-13/h1-7H,(H,16,17). The molecule has 2 nitrogen and oxygen atoms in total. The lowest BCUT2D eigenvalue weighted by Crippen LogP contribution is -1.78. The highest BCUT2D eigenvalue weighted by atomic mass is 35.5. The lowest BCUT2D eigenvalue weighted by Gasteiger charge is -1.95. The summed E-state index contributed by atoms with van der Waals surface area (Å²) in [5.41, 5.74) is 2.71. The number of nitrogens with one attached hydrogen (secondary N) is 1. The number of benzene rings is 2. The van der Waals surface area contributed by atoms with E-state index in [2.05, 4.69) is 9.97 Å². The van der Waals surface area contributed by atoms with Crippen LogP contribution in [-0.4, -0.2) is 9.97 Å². The molecule has 1 aromatic heterocycles. The smallest absolute Gasteiger partial charge is 0.138 e. The molecule has 0 aliphatic heterocycles. The van der Waals surface area contributed by atoms with Crippen LogP contribution < -0.4 is 0 Å². The van der Waals surface area contributed by atoms with Crippen molar-refractivity contribution in [3.05, 3.63) is 52.5 Å². The molecule has 0 unspecified atom stereocenters. The number of imidazole rings is 1. The number of aromatic nitrogens is 2. The van der Waals surface area contributed by atoms with Gasteiger partial charge in [0.2, 0.25) is 0 Å². The molecule has 0 spiro atoms. The first-order chi connectivity index (χ1) is 8.24. The predicted molar refractivity (Wildman–Crippen MR) is 71.5 cm³/mol. The third kappa shape index (κ3) is 1.90. The van der Waals surface area contributed by atoms with E-state index in [1.54, 1.807) is 0 Å². The molecule has 3 rings (SSSR count). The van der Waals surface area contributed by atoms with Crippen molar-refractivity contribution in [3.8, 4) is 11.4 Å². The van der Waals surface area contributed by atoms with Gasteiger partial charge < -0.3 is 4.98 Å². The number of hydrogen-bond acceptors (Lipinski definition) is 1. The van der Waals surface area contributed by atoms with E-state index in [1.165, 1.54) is 0 Å². The highest BCUT2D eigenvalue weighted by Crippen LogP contribution is 2.26. The van der Waals surface area contributed by atoms with Gasteiger partial charge in [0.05, 0.1) is 10.5 Å². The maximum absolute atomic E-state index is 6.08. The van der Waals surface area contributed by atoms with Crippen molar-refractivity contribution in [2.24, 2.45) is 0 Å². The van der Waals surface area contributed by atoms with Gasteiger partial charge in [-0.15, -0.1) is 0 Å². The van der Waals surface area contributed by atoms with Crippen LogP contribution in [0.15, 0.2) is 42.5 Å². The normalized spacial score (nSPS) is 10.9. The Kier molecular flexibility index (Phi) is 2.54. The Balaban J connectivity index is 2.18. The molecule has 17 heavy (non-hydrogen) atoms. The number of rotatable bonds is 1. The zero-order valence-corrected chi connectivity index (χ0v) is 10.3. The Labute approximate surface area is 108 Å². The van der Waals surface area contributed by atoms with Gasteiger partial charge in [0.25, 0.3) is 0 Å². The van der Waals surface area contributed by atoms with Gasteiger partial charge in [-0.1, -0.05) is 29.3 Å². The summed E-state index contributed by atoms with van der Waals surface area (Å²) in [6, 6.07) is 13.2. The highest BCUT2D eigenvalue weighted by molar-refractivity contribution is 6.35. The second kappa shape index (κ2) is 4.06. The van der Waals surface area contributed by atoms with Gasteiger partial charge in [-0.3, -0.25) is 0 Å². The Morgan fingerprint density at radius 3 is 2.41 bits per heavy atom. The van der Waals surface area contributed by atoms with E-state index in [9.17, 15) is 0 Å². The van der Waals surface area contributed by atoms with Gasteiger partial charge in [0, 0.05) is 10.6 Å². The number of hydrogen-bond donors (Lipinski definition) is 1. The molecule has 0 aliphatic rings. The molecule has 4 heteroatoms. The van der Waals surface area contributed by atoms with Gasteiger partial charge in [0.1, 0.15) is 11.3 Å². The van der Waals surface area contributed by atoms with Crippen LogP contribution in [0, 0.1) is 0 Å². The van der Waals surface area contributed by atoms with Crippen LogP contribution in [0.1, 0.15) is 0 Å². The number of fused-ring (bicyclic) bond motifs is 1. The summed E-state index contributed by atoms with van der Waals surface area (Å²) in [6.07, 6.45) is 0. The van der Waals surface area contributed by atoms with E-state index in [4.69, 9.17) is 23.2 Å². The molecule has 0 fully saturated rings. The zero-order chi connectivity index (χ0) is 11.8. The molecule has 1 heterocycles. The number of aromatic amines is 1. The van der Waals surface area contributed by atoms with E-state index in [0.717, 1.165) is 22.4 Å². The van der Waals surface area contributed by atoms with Gasteiger partial charge in [-0.2, -0.15) is 0 Å². The topological polar surface area (TPSA) is 28.7 Å². The van der Waals surface area contributed by atoms with Crippen LogP contribution in [0.25, 0.3) is 22.4 Å². The molecule has 3 aromatic rings. The third-order valence-corrected chi connectivity index (χ3v) is 3.14. The van der Waals surface area contributed by atoms with Crippen molar-refractivity contribution in [1.82, 2.24) is 9.97 Å². The van der Waals surface area contributed by atoms with E-state index >= 15 is 0 Å². The second-order valence-electron chi connectivity index (χ2n) is 3.73. The van der Waals surface area contributed by atoms with Crippen molar-refractivity contribution in [2.45, 2.75) is 0 Å². The highest BCUT2D eigenvalue weighted by Gasteiger charge is 2.07. The van der Waals surface area contributed by atoms with Crippen LogP contribution in [0.3, 0.4) is 0 Å². The predicted octanol–water partition coefficient (Wildman–Crippen LogP) is 4.54. The van der Waals surface area contributed by atoms with Crippen LogP contribution in [0.5, 0.6) is 0 Å². The fraction of sp³-hybridized carbons (Fsp3) is 0. The van der Waals surface area contributed by atoms with Crippen LogP contribution in [0.2, 0.25) is 10.0 Å². The molecular formula is C13H8Cl2N2. The fourth-order valence-electron chi connectivity index (χ4n) is 1.74. The summed E-state index contributed by atoms with van der Waals surface area (Å²) in [7, 11) is 0. The first-order valence-corrected chi connectivity index (χ1v) is 5.90. The molecular weight excluding hydrogens is 255 g/mol. The third-order valence-electron chi connectivity index (χ3n) is 2.58. The first-order valence-electron chi connectivity index (χ1n) is 5.14. The molecule has 0 aliphatic carbocycles. The van der Waals surface area contributed by atoms with Crippen LogP contribution in [0.4, 0.5) is 0 Å². The van der Waals surface area contributed by atoms with Crippen molar-refractivity contribution >= 4 is 34.2 Å². The Hall–Kier alpha value is -1.51. The summed E-state index contributed by atoms with van der Waals surface area (Å²) in [5, 5.41) is 1.36. The van der Waals surface area contributed by atoms with E-state index in [-0.39, 0.29) is 0 Å². The summed E-state index contributed by atoms with van der Waals surface area (Å²) in [5.74, 6) is 0.796. The minimum atomic E-state index is 0.652. The van der Waals surface area contributed by atoms with Gasteiger partial charge >= 0.3 is 0 Å². The first kappa shape index (κ1) is 10.6. The van der Waals surface area contributed by atoms with E-state index < -0.39 is 0 Å². The summed E-state index contributed by atoms with van der Waals surface area (Å²) >= 11 is 11.9. The van der Waals surface area contributed by atoms with Crippen LogP contribution >= 0.6 is 23.2 Å². The average Bonchev–Trinajstić information content (AvgIpc) is 2.75. The second-order valence-corrected chi connectivity index (χ2v) is 4.57. The molecule has 0 atom stereocenters. The quantitative estimate of drug-likeness (QED) is 0.686. The molecule has 1 N–H and O–H groups in total. The molecule has 0 amide bonds. The van der Waals surface area contributed by atoms with Gasteiger partial charge in [-0.25, -0.2) is 4.98 Å². The monoisotopic (exact) mass is 262 g/mol. The van der Waals surface area contributed by atoms with Crippen molar-refractivity contribution in [2.75, 3.05) is 0 Å². The molecule has 0 radical (unpaired) electrons. The molecule has 84 valence electrons. The Morgan fingerprint density at radius 1 is 0.941 bits per heavy atom. The minimum absolute atomic E-state index is 0.652. The summed E-state index contributed by atoms with van der Waals surface area (Å²) in [4.78, 5) is 7.72. The average molecular weight is 263 g/mol. The van der Waals surface area contributed by atoms with E-state index in [0.29, 0.717) is 10.0 Å². The zero-order valence-electron chi connectivity index (χ0n) is 8.74. The maximum Gasteiger partial charge on any atom is 0.138 e. The Morgan fingerprint density at radius 2 is 1.71 bits per heavy atom. The molecule has 0 saturated heterocycles. The summed E-state index contributed by atoms with van der Waals surface area (Å²) in [6.45, 7) is 0. The van der Waals surface area contributed by atoms with Crippen LogP contribution in [-0.2, 0) is 0 Å². The maximum atomic E-state index is 6.08. The number of halogens is 2. The lowest BCUT2D eigenvalue weighted by molar-refractivity contribution is 1.34. The summed E-state index contributed by atoms with van der Waals surface area (Å²) < 4.78 is 0. The Bertz CT molecular complexity index is 671. The molecule has 0 bridgehead atoms. The lowest BCUT2D eigenvalue weighted by atomic mass is 10.2. The number of para-hydroxylation sites is 1. The fourth-order valence-corrected chi connectivity index (χ4v) is 2.08. The number of nitrogens with zero attached hydrogens (tertiary/aromatic N) is 1. The van der Waals surface area contributed by atoms with Crippen molar-refractivity contribution in [1.29, 1.82) is 0 Å². The van der Waals surface area contributed by atoms with Crippen molar-refractivity contribution in [3.63, 3.8) is 0 Å². The number of H-pyrrole nitrogens is 1.